The molecule has 0 aliphatic rings. The molecule has 0 N–H and O–H groups in total. The van der Waals surface area contributed by atoms with Crippen molar-refractivity contribution in [1.82, 2.24) is 0 Å². The summed E-state index contributed by atoms with van der Waals surface area (Å²) in [4.78, 5) is 0. The molecule has 0 aromatic heterocycles. The first-order valence-electron chi connectivity index (χ1n) is 2.77. The van der Waals surface area contributed by atoms with E-state index in [2.05, 4.69) is 0 Å². The van der Waals surface area contributed by atoms with Gasteiger partial charge in [0.25, 0.3) is 0 Å². The first-order valence-corrected chi connectivity index (χ1v) is 2.77. The summed E-state index contributed by atoms with van der Waals surface area (Å²) in [5.74, 6) is 0. The Morgan fingerprint density at radius 1 is 1.08 bits per heavy atom. The van der Waals surface area contributed by atoms with Gasteiger partial charge in [-0.1, -0.05) is 0 Å². The van der Waals surface area contributed by atoms with Gasteiger partial charge in [-0.3, -0.25) is 0 Å². The second-order valence-electron chi connectivity index (χ2n) is 2.03. The van der Waals surface area contributed by atoms with Gasteiger partial charge in [0.2, 0.25) is 6.17 Å². The Morgan fingerprint density at radius 2 is 1.50 bits per heavy atom. The topological polar surface area (TPSA) is 0 Å². The summed E-state index contributed by atoms with van der Waals surface area (Å²) in [6.07, 6.45) is -16.8. The zero-order valence-corrected chi connectivity index (χ0v) is 5.51. The van der Waals surface area contributed by atoms with E-state index < -0.39 is 31.4 Å². The van der Waals surface area contributed by atoms with E-state index in [1.54, 1.807) is 0 Å². The van der Waals surface area contributed by atoms with Crippen molar-refractivity contribution in [3.8, 4) is 0 Å². The average Bonchev–Trinajstić information content (AvgIpc) is 1.82. The van der Waals surface area contributed by atoms with Crippen molar-refractivity contribution in [3.05, 3.63) is 6.43 Å². The van der Waals surface area contributed by atoms with Crippen LogP contribution in [0.1, 0.15) is 6.42 Å². The zero-order chi connectivity index (χ0) is 9.94. The fourth-order valence-corrected chi connectivity index (χ4v) is 0.461. The predicted octanol–water partition coefficient (Wildman–Crippen LogP) is 3.04. The highest BCUT2D eigenvalue weighted by atomic mass is 19.4. The van der Waals surface area contributed by atoms with E-state index in [9.17, 15) is 30.7 Å². The van der Waals surface area contributed by atoms with E-state index in [1.165, 1.54) is 0 Å². The minimum atomic E-state index is -4.97. The summed E-state index contributed by atoms with van der Waals surface area (Å²) in [5, 5.41) is 0. The molecule has 1 radical (unpaired) electrons. The Hall–Kier alpha value is -0.490. The third-order valence-electron chi connectivity index (χ3n) is 0.952. The van der Waals surface area contributed by atoms with E-state index in [0.29, 0.717) is 0 Å². The number of hydrogen-bond acceptors (Lipinski definition) is 0. The Balaban J connectivity index is 3.95. The monoisotopic (exact) mass is 197 g/mol. The van der Waals surface area contributed by atoms with Gasteiger partial charge in [-0.15, -0.1) is 0 Å². The SMILES string of the molecule is F[C](F)C(F)C(F)CC(F)(F)F. The molecule has 7 heteroatoms. The number of alkyl halides is 5. The lowest BCUT2D eigenvalue weighted by atomic mass is 10.2. The minimum Gasteiger partial charge on any atom is -0.244 e. The molecule has 0 bridgehead atoms. The van der Waals surface area contributed by atoms with Crippen LogP contribution >= 0.6 is 0 Å². The van der Waals surface area contributed by atoms with Crippen molar-refractivity contribution in [2.45, 2.75) is 24.9 Å². The van der Waals surface area contributed by atoms with Crippen molar-refractivity contribution >= 4 is 0 Å². The third-order valence-corrected chi connectivity index (χ3v) is 0.952. The summed E-state index contributed by atoms with van der Waals surface area (Å²) in [7, 11) is 0. The molecule has 0 spiro atoms. The van der Waals surface area contributed by atoms with Gasteiger partial charge in [0.1, 0.15) is 6.17 Å². The summed E-state index contributed by atoms with van der Waals surface area (Å²) in [6, 6.07) is 0. The molecule has 0 amide bonds. The first kappa shape index (κ1) is 11.5. The molecule has 0 heterocycles. The van der Waals surface area contributed by atoms with E-state index >= 15 is 0 Å². The van der Waals surface area contributed by atoms with Gasteiger partial charge in [0.15, 0.2) is 0 Å². The molecule has 2 atom stereocenters. The van der Waals surface area contributed by atoms with Gasteiger partial charge in [0.05, 0.1) is 6.42 Å². The Morgan fingerprint density at radius 3 is 1.75 bits per heavy atom. The van der Waals surface area contributed by atoms with Crippen LogP contribution in [-0.4, -0.2) is 18.5 Å². The van der Waals surface area contributed by atoms with Crippen LogP contribution in [0, 0.1) is 6.43 Å². The molecule has 0 aromatic carbocycles. The molecule has 0 aliphatic heterocycles. The van der Waals surface area contributed by atoms with Gasteiger partial charge < -0.3 is 0 Å². The molecule has 12 heavy (non-hydrogen) atoms. The van der Waals surface area contributed by atoms with Crippen LogP contribution < -0.4 is 0 Å². The van der Waals surface area contributed by atoms with Gasteiger partial charge in [-0.25, -0.2) is 8.78 Å². The summed E-state index contributed by atoms with van der Waals surface area (Å²) in [5.41, 5.74) is 0. The highest BCUT2D eigenvalue weighted by Crippen LogP contribution is 2.29. The van der Waals surface area contributed by atoms with Gasteiger partial charge in [-0.2, -0.15) is 22.0 Å². The normalized spacial score (nSPS) is 18.0. The second kappa shape index (κ2) is 3.95. The first-order chi connectivity index (χ1) is 5.24. The van der Waals surface area contributed by atoms with Crippen molar-refractivity contribution in [3.63, 3.8) is 0 Å². The molecule has 0 nitrogen and oxygen atoms in total. The van der Waals surface area contributed by atoms with Crippen LogP contribution in [0.4, 0.5) is 30.7 Å². The van der Waals surface area contributed by atoms with Crippen LogP contribution in [0.25, 0.3) is 0 Å². The van der Waals surface area contributed by atoms with E-state index in [0.717, 1.165) is 0 Å². The van der Waals surface area contributed by atoms with Crippen molar-refractivity contribution in [2.24, 2.45) is 0 Å². The maximum atomic E-state index is 11.9. The molecule has 0 saturated heterocycles. The maximum absolute atomic E-state index is 11.9. The standard InChI is InChI=1S/C5H4F7/c6-2(1-5(10,11)12)3(7)4(8)9/h2-3H,1H2. The van der Waals surface area contributed by atoms with Gasteiger partial charge in [-0.05, 0) is 0 Å². The average molecular weight is 197 g/mol. The number of hydrogen-bond donors (Lipinski definition) is 0. The molecule has 0 rings (SSSR count). The highest BCUT2D eigenvalue weighted by Gasteiger charge is 2.40. The fourth-order valence-electron chi connectivity index (χ4n) is 0.461. The fraction of sp³-hybridized carbons (Fsp3) is 0.800. The number of halogens is 7. The molecule has 73 valence electrons. The largest absolute Gasteiger partial charge is 0.392 e. The predicted molar refractivity (Wildman–Crippen MR) is 25.9 cm³/mol. The molecule has 0 fully saturated rings. The smallest absolute Gasteiger partial charge is 0.244 e. The van der Waals surface area contributed by atoms with E-state index in [4.69, 9.17) is 0 Å². The quantitative estimate of drug-likeness (QED) is 0.610. The van der Waals surface area contributed by atoms with Crippen molar-refractivity contribution in [1.29, 1.82) is 0 Å². The zero-order valence-electron chi connectivity index (χ0n) is 5.51. The minimum absolute atomic E-state index is 2.20. The Bertz CT molecular complexity index is 128. The van der Waals surface area contributed by atoms with Crippen molar-refractivity contribution < 1.29 is 30.7 Å². The Labute approximate surface area is 63.4 Å². The lowest BCUT2D eigenvalue weighted by Gasteiger charge is -2.13. The van der Waals surface area contributed by atoms with Crippen LogP contribution in [0.2, 0.25) is 0 Å². The third kappa shape index (κ3) is 4.40. The van der Waals surface area contributed by atoms with Crippen LogP contribution in [0.5, 0.6) is 0 Å². The second-order valence-corrected chi connectivity index (χ2v) is 2.03. The van der Waals surface area contributed by atoms with Crippen LogP contribution in [0.3, 0.4) is 0 Å². The van der Waals surface area contributed by atoms with Gasteiger partial charge in [0, 0.05) is 0 Å². The van der Waals surface area contributed by atoms with Crippen LogP contribution in [-0.2, 0) is 0 Å². The molecular formula is C5H4F7. The lowest BCUT2D eigenvalue weighted by Crippen LogP contribution is -2.26. The molecule has 0 aliphatic carbocycles. The highest BCUT2D eigenvalue weighted by molar-refractivity contribution is 4.82. The Kier molecular flexibility index (Phi) is 3.79. The molecular weight excluding hydrogens is 193 g/mol. The van der Waals surface area contributed by atoms with Crippen LogP contribution in [0.15, 0.2) is 0 Å². The van der Waals surface area contributed by atoms with Crippen molar-refractivity contribution in [2.75, 3.05) is 0 Å². The summed E-state index contributed by atoms with van der Waals surface area (Å²) < 4.78 is 79.9. The van der Waals surface area contributed by atoms with Gasteiger partial charge >= 0.3 is 12.6 Å². The maximum Gasteiger partial charge on any atom is 0.392 e. The molecule has 0 saturated carbocycles. The van der Waals surface area contributed by atoms with E-state index in [-0.39, 0.29) is 0 Å². The molecule has 2 unspecified atom stereocenters. The lowest BCUT2D eigenvalue weighted by molar-refractivity contribution is -0.152. The summed E-state index contributed by atoms with van der Waals surface area (Å²) >= 11 is 0. The van der Waals surface area contributed by atoms with E-state index in [1.807, 2.05) is 0 Å². The number of rotatable bonds is 3. The summed E-state index contributed by atoms with van der Waals surface area (Å²) in [6.45, 7) is 0. The molecule has 0 aromatic rings.